The van der Waals surface area contributed by atoms with E-state index in [1.165, 1.54) is 0 Å². The first-order valence-electron chi connectivity index (χ1n) is 10.9. The highest BCUT2D eigenvalue weighted by atomic mass is 16.4. The first-order chi connectivity index (χ1) is 15.4. The van der Waals surface area contributed by atoms with E-state index in [9.17, 15) is 9.59 Å². The summed E-state index contributed by atoms with van der Waals surface area (Å²) in [5.41, 5.74) is 4.21. The summed E-state index contributed by atoms with van der Waals surface area (Å²) < 4.78 is 11.3. The number of amides is 1. The first kappa shape index (κ1) is 21.8. The Morgan fingerprint density at radius 1 is 1.06 bits per heavy atom. The van der Waals surface area contributed by atoms with Crippen LogP contribution in [0, 0.1) is 6.92 Å². The zero-order valence-electron chi connectivity index (χ0n) is 18.7. The second-order valence-corrected chi connectivity index (χ2v) is 8.36. The summed E-state index contributed by atoms with van der Waals surface area (Å²) in [5, 5.41) is 4.74. The van der Waals surface area contributed by atoms with Crippen LogP contribution in [0.1, 0.15) is 24.0 Å². The molecule has 0 aliphatic carbocycles. The number of carbonyl (C=O) groups excluding carboxylic acids is 1. The Kier molecular flexibility index (Phi) is 6.42. The molecule has 6 nitrogen and oxygen atoms in total. The SMILES string of the molecule is Cc1c(CCC(=O)NCCCN(C)C)c(=O)oc2cc3occ(-c4ccccc4)c3cc12. The minimum absolute atomic E-state index is 0.0562. The van der Waals surface area contributed by atoms with E-state index in [1.54, 1.807) is 12.3 Å². The molecule has 4 aromatic rings. The van der Waals surface area contributed by atoms with Crippen LogP contribution >= 0.6 is 0 Å². The van der Waals surface area contributed by atoms with E-state index in [1.807, 2.05) is 57.4 Å². The molecule has 6 heteroatoms. The number of rotatable bonds is 8. The van der Waals surface area contributed by atoms with Gasteiger partial charge in [0.25, 0.3) is 0 Å². The lowest BCUT2D eigenvalue weighted by molar-refractivity contribution is -0.121. The molecule has 0 bridgehead atoms. The maximum Gasteiger partial charge on any atom is 0.339 e. The smallest absolute Gasteiger partial charge is 0.339 e. The number of nitrogens with zero attached hydrogens (tertiary/aromatic N) is 1. The predicted octanol–water partition coefficient (Wildman–Crippen LogP) is 4.52. The molecule has 0 saturated heterocycles. The number of benzene rings is 2. The molecule has 1 N–H and O–H groups in total. The van der Waals surface area contributed by atoms with Crippen LogP contribution in [-0.4, -0.2) is 38.0 Å². The minimum Gasteiger partial charge on any atom is -0.464 e. The first-order valence-corrected chi connectivity index (χ1v) is 10.9. The normalized spacial score (nSPS) is 11.5. The molecule has 2 heterocycles. The van der Waals surface area contributed by atoms with Crippen molar-refractivity contribution >= 4 is 27.8 Å². The third kappa shape index (κ3) is 4.60. The average Bonchev–Trinajstić information content (AvgIpc) is 3.19. The molecule has 0 atom stereocenters. The molecular formula is C26H28N2O4. The minimum atomic E-state index is -0.399. The third-order valence-corrected chi connectivity index (χ3v) is 5.77. The van der Waals surface area contributed by atoms with E-state index in [4.69, 9.17) is 8.83 Å². The van der Waals surface area contributed by atoms with Crippen LogP contribution in [0.5, 0.6) is 0 Å². The van der Waals surface area contributed by atoms with Gasteiger partial charge in [0.05, 0.1) is 6.26 Å². The molecule has 0 aliphatic heterocycles. The third-order valence-electron chi connectivity index (χ3n) is 5.77. The summed E-state index contributed by atoms with van der Waals surface area (Å²) in [4.78, 5) is 26.9. The highest BCUT2D eigenvalue weighted by Gasteiger charge is 2.16. The Bertz CT molecular complexity index is 1300. The summed E-state index contributed by atoms with van der Waals surface area (Å²) in [5.74, 6) is -0.0562. The number of carbonyl (C=O) groups is 1. The van der Waals surface area contributed by atoms with Crippen LogP contribution < -0.4 is 10.9 Å². The molecule has 32 heavy (non-hydrogen) atoms. The zero-order valence-corrected chi connectivity index (χ0v) is 18.7. The fraction of sp³-hybridized carbons (Fsp3) is 0.308. The van der Waals surface area contributed by atoms with Gasteiger partial charge >= 0.3 is 5.63 Å². The van der Waals surface area contributed by atoms with Crippen molar-refractivity contribution in [2.45, 2.75) is 26.2 Å². The summed E-state index contributed by atoms with van der Waals surface area (Å²) in [6.07, 6.45) is 3.22. The second-order valence-electron chi connectivity index (χ2n) is 8.36. The van der Waals surface area contributed by atoms with Crippen LogP contribution in [0.15, 0.2) is 62.4 Å². The molecule has 0 unspecified atom stereocenters. The van der Waals surface area contributed by atoms with Crippen molar-refractivity contribution in [2.75, 3.05) is 27.2 Å². The number of nitrogens with one attached hydrogen (secondary N) is 1. The maximum atomic E-state index is 12.6. The average molecular weight is 433 g/mol. The van der Waals surface area contributed by atoms with Gasteiger partial charge < -0.3 is 19.1 Å². The lowest BCUT2D eigenvalue weighted by atomic mass is 9.99. The van der Waals surface area contributed by atoms with Crippen LogP contribution in [0.2, 0.25) is 0 Å². The molecule has 166 valence electrons. The van der Waals surface area contributed by atoms with Crippen LogP contribution in [0.3, 0.4) is 0 Å². The Hall–Kier alpha value is -3.38. The van der Waals surface area contributed by atoms with Gasteiger partial charge in [0.1, 0.15) is 11.2 Å². The van der Waals surface area contributed by atoms with Gasteiger partial charge in [-0.2, -0.15) is 0 Å². The van der Waals surface area contributed by atoms with E-state index in [2.05, 4.69) is 10.2 Å². The van der Waals surface area contributed by atoms with Crippen molar-refractivity contribution in [3.8, 4) is 11.1 Å². The topological polar surface area (TPSA) is 75.7 Å². The van der Waals surface area contributed by atoms with Gasteiger partial charge in [0, 0.05) is 40.9 Å². The van der Waals surface area contributed by atoms with E-state index < -0.39 is 5.63 Å². The molecule has 0 aliphatic rings. The molecule has 0 fully saturated rings. The fourth-order valence-corrected chi connectivity index (χ4v) is 3.99. The Labute approximate surface area is 186 Å². The molecule has 0 saturated carbocycles. The predicted molar refractivity (Wildman–Crippen MR) is 127 cm³/mol. The highest BCUT2D eigenvalue weighted by Crippen LogP contribution is 2.34. The summed E-state index contributed by atoms with van der Waals surface area (Å²) in [6.45, 7) is 3.46. The van der Waals surface area contributed by atoms with E-state index in [0.717, 1.165) is 40.4 Å². The Balaban J connectivity index is 1.59. The molecule has 1 amide bonds. The summed E-state index contributed by atoms with van der Waals surface area (Å²) in [6, 6.07) is 13.8. The molecular weight excluding hydrogens is 404 g/mol. The number of furan rings is 1. The van der Waals surface area contributed by atoms with Gasteiger partial charge in [-0.3, -0.25) is 4.79 Å². The fourth-order valence-electron chi connectivity index (χ4n) is 3.99. The van der Waals surface area contributed by atoms with Gasteiger partial charge in [-0.05, 0) is 57.6 Å². The van der Waals surface area contributed by atoms with Crippen LogP contribution in [0.4, 0.5) is 0 Å². The van der Waals surface area contributed by atoms with Crippen molar-refractivity contribution in [1.82, 2.24) is 10.2 Å². The van der Waals surface area contributed by atoms with E-state index in [-0.39, 0.29) is 12.3 Å². The van der Waals surface area contributed by atoms with Gasteiger partial charge in [0.15, 0.2) is 0 Å². The largest absolute Gasteiger partial charge is 0.464 e. The van der Waals surface area contributed by atoms with Gasteiger partial charge in [-0.15, -0.1) is 0 Å². The van der Waals surface area contributed by atoms with E-state index in [0.29, 0.717) is 29.7 Å². The maximum absolute atomic E-state index is 12.6. The number of fused-ring (bicyclic) bond motifs is 2. The molecule has 0 spiro atoms. The van der Waals surface area contributed by atoms with Crippen LogP contribution in [-0.2, 0) is 11.2 Å². The number of hydrogen-bond donors (Lipinski definition) is 1. The highest BCUT2D eigenvalue weighted by molar-refractivity contribution is 6.02. The lowest BCUT2D eigenvalue weighted by Crippen LogP contribution is -2.27. The van der Waals surface area contributed by atoms with Gasteiger partial charge in [-0.1, -0.05) is 30.3 Å². The van der Waals surface area contributed by atoms with Crippen molar-refractivity contribution in [1.29, 1.82) is 0 Å². The van der Waals surface area contributed by atoms with Crippen molar-refractivity contribution in [3.05, 3.63) is 70.3 Å². The van der Waals surface area contributed by atoms with Crippen molar-refractivity contribution in [2.24, 2.45) is 0 Å². The van der Waals surface area contributed by atoms with E-state index >= 15 is 0 Å². The zero-order chi connectivity index (χ0) is 22.7. The molecule has 0 radical (unpaired) electrons. The van der Waals surface area contributed by atoms with Gasteiger partial charge in [0.2, 0.25) is 5.91 Å². The second kappa shape index (κ2) is 9.40. The monoisotopic (exact) mass is 432 g/mol. The molecule has 4 rings (SSSR count). The molecule has 2 aromatic heterocycles. The quantitative estimate of drug-likeness (QED) is 0.327. The summed E-state index contributed by atoms with van der Waals surface area (Å²) >= 11 is 0. The Morgan fingerprint density at radius 2 is 1.84 bits per heavy atom. The summed E-state index contributed by atoms with van der Waals surface area (Å²) in [7, 11) is 4.01. The van der Waals surface area contributed by atoms with Crippen molar-refractivity contribution in [3.63, 3.8) is 0 Å². The number of aryl methyl sites for hydroxylation is 1. The van der Waals surface area contributed by atoms with Gasteiger partial charge in [-0.25, -0.2) is 4.79 Å². The standard InChI is InChI=1S/C26H28N2O4/c1-17-19(10-11-25(29)27-12-7-13-28(2)3)26(30)32-24-15-23-21(14-20(17)24)22(16-31-23)18-8-5-4-6-9-18/h4-6,8-9,14-16H,7,10-13H2,1-3H3,(H,27,29). The lowest BCUT2D eigenvalue weighted by Gasteiger charge is -2.10. The Morgan fingerprint density at radius 3 is 2.59 bits per heavy atom. The van der Waals surface area contributed by atoms with Crippen molar-refractivity contribution < 1.29 is 13.6 Å². The van der Waals surface area contributed by atoms with Crippen LogP contribution in [0.25, 0.3) is 33.1 Å². The number of hydrogen-bond acceptors (Lipinski definition) is 5. The molecule has 2 aromatic carbocycles.